The Morgan fingerprint density at radius 3 is 2.69 bits per heavy atom. The number of hydrogen-bond acceptors (Lipinski definition) is 3. The first kappa shape index (κ1) is 11.4. The van der Waals surface area contributed by atoms with Crippen LogP contribution in [0.15, 0.2) is 18.2 Å². The summed E-state index contributed by atoms with van der Waals surface area (Å²) >= 11 is 0. The van der Waals surface area contributed by atoms with Gasteiger partial charge >= 0.3 is 0 Å². The molecule has 1 aromatic carbocycles. The highest BCUT2D eigenvalue weighted by molar-refractivity contribution is 5.52. The molecule has 0 amide bonds. The molecular formula is C13H20N2O. The fourth-order valence-corrected chi connectivity index (χ4v) is 1.95. The van der Waals surface area contributed by atoms with Crippen molar-refractivity contribution in [3.05, 3.63) is 29.3 Å². The molecule has 0 aromatic heterocycles. The van der Waals surface area contributed by atoms with Crippen LogP contribution in [0.25, 0.3) is 0 Å². The molecule has 0 heterocycles. The number of rotatable bonds is 4. The quantitative estimate of drug-likeness (QED) is 0.681. The van der Waals surface area contributed by atoms with Gasteiger partial charge in [-0.2, -0.15) is 0 Å². The number of anilines is 1. The first-order valence-corrected chi connectivity index (χ1v) is 5.88. The zero-order chi connectivity index (χ0) is 11.6. The van der Waals surface area contributed by atoms with Gasteiger partial charge in [-0.1, -0.05) is 12.1 Å². The second-order valence-corrected chi connectivity index (χ2v) is 4.80. The van der Waals surface area contributed by atoms with Crippen LogP contribution in [0.5, 0.6) is 0 Å². The molecule has 0 aliphatic heterocycles. The van der Waals surface area contributed by atoms with E-state index in [9.17, 15) is 5.11 Å². The molecule has 3 heteroatoms. The summed E-state index contributed by atoms with van der Waals surface area (Å²) in [4.78, 5) is 0. The van der Waals surface area contributed by atoms with Crippen LogP contribution in [-0.4, -0.2) is 17.3 Å². The van der Waals surface area contributed by atoms with Crippen LogP contribution in [0.3, 0.4) is 0 Å². The topological polar surface area (TPSA) is 44.3 Å². The predicted molar refractivity (Wildman–Crippen MR) is 66.3 cm³/mol. The van der Waals surface area contributed by atoms with Gasteiger partial charge in [0, 0.05) is 6.54 Å². The summed E-state index contributed by atoms with van der Waals surface area (Å²) in [5.41, 5.74) is 9.40. The van der Waals surface area contributed by atoms with Crippen molar-refractivity contribution in [2.45, 2.75) is 38.7 Å². The standard InChI is InChI=1S/C13H20N2O/c1-10-5-3-6-12(11(10)2)15-14-9-13(16)7-4-8-13/h3,5-6,14-16H,4,7-9H2,1-2H3. The van der Waals surface area contributed by atoms with Crippen molar-refractivity contribution < 1.29 is 5.11 Å². The minimum absolute atomic E-state index is 0.481. The van der Waals surface area contributed by atoms with Gasteiger partial charge in [-0.3, -0.25) is 0 Å². The van der Waals surface area contributed by atoms with Crippen LogP contribution >= 0.6 is 0 Å². The Balaban J connectivity index is 1.87. The first-order chi connectivity index (χ1) is 7.61. The number of aliphatic hydroxyl groups is 1. The lowest BCUT2D eigenvalue weighted by Crippen LogP contribution is -2.47. The van der Waals surface area contributed by atoms with Gasteiger partial charge in [0.1, 0.15) is 0 Å². The van der Waals surface area contributed by atoms with Crippen molar-refractivity contribution in [3.8, 4) is 0 Å². The summed E-state index contributed by atoms with van der Waals surface area (Å²) in [6.07, 6.45) is 2.96. The first-order valence-electron chi connectivity index (χ1n) is 5.88. The van der Waals surface area contributed by atoms with Gasteiger partial charge < -0.3 is 10.5 Å². The van der Waals surface area contributed by atoms with E-state index in [1.54, 1.807) is 0 Å². The fraction of sp³-hybridized carbons (Fsp3) is 0.538. The fourth-order valence-electron chi connectivity index (χ4n) is 1.95. The second-order valence-electron chi connectivity index (χ2n) is 4.80. The van der Waals surface area contributed by atoms with Gasteiger partial charge in [-0.15, -0.1) is 0 Å². The molecule has 0 unspecified atom stereocenters. The smallest absolute Gasteiger partial charge is 0.0789 e. The van der Waals surface area contributed by atoms with Gasteiger partial charge in [-0.05, 0) is 50.3 Å². The average molecular weight is 220 g/mol. The van der Waals surface area contributed by atoms with Gasteiger partial charge in [0.2, 0.25) is 0 Å². The van der Waals surface area contributed by atoms with Gasteiger partial charge in [0.05, 0.1) is 11.3 Å². The van der Waals surface area contributed by atoms with Crippen molar-refractivity contribution in [3.63, 3.8) is 0 Å². The van der Waals surface area contributed by atoms with Gasteiger partial charge in [0.15, 0.2) is 0 Å². The Hall–Kier alpha value is -1.06. The molecule has 2 rings (SSSR count). The molecule has 16 heavy (non-hydrogen) atoms. The maximum absolute atomic E-state index is 9.91. The Morgan fingerprint density at radius 1 is 1.31 bits per heavy atom. The minimum Gasteiger partial charge on any atom is -0.388 e. The SMILES string of the molecule is Cc1cccc(NNCC2(O)CCC2)c1C. The zero-order valence-electron chi connectivity index (χ0n) is 10.0. The zero-order valence-corrected chi connectivity index (χ0v) is 10.0. The number of hydrazine groups is 1. The summed E-state index contributed by atoms with van der Waals surface area (Å²) < 4.78 is 0. The molecule has 1 fully saturated rings. The average Bonchev–Trinajstić information content (AvgIpc) is 2.22. The summed E-state index contributed by atoms with van der Waals surface area (Å²) in [7, 11) is 0. The lowest BCUT2D eigenvalue weighted by atomic mass is 9.80. The summed E-state index contributed by atoms with van der Waals surface area (Å²) in [5, 5.41) is 9.91. The molecule has 1 aromatic rings. The Labute approximate surface area is 96.8 Å². The van der Waals surface area contributed by atoms with Crippen LogP contribution in [0, 0.1) is 13.8 Å². The molecule has 1 aliphatic rings. The van der Waals surface area contributed by atoms with Crippen LogP contribution in [0.4, 0.5) is 5.69 Å². The molecule has 1 saturated carbocycles. The third kappa shape index (κ3) is 2.36. The highest BCUT2D eigenvalue weighted by Crippen LogP contribution is 2.30. The summed E-state index contributed by atoms with van der Waals surface area (Å²) in [5.74, 6) is 0. The van der Waals surface area contributed by atoms with E-state index in [0.717, 1.165) is 24.9 Å². The highest BCUT2D eigenvalue weighted by atomic mass is 16.3. The van der Waals surface area contributed by atoms with Crippen LogP contribution in [0.2, 0.25) is 0 Å². The van der Waals surface area contributed by atoms with Crippen LogP contribution < -0.4 is 10.9 Å². The maximum atomic E-state index is 9.91. The van der Waals surface area contributed by atoms with Gasteiger partial charge in [-0.25, -0.2) is 5.43 Å². The van der Waals surface area contributed by atoms with E-state index >= 15 is 0 Å². The molecule has 0 spiro atoms. The molecule has 0 saturated heterocycles. The van der Waals surface area contributed by atoms with Crippen LogP contribution in [0.1, 0.15) is 30.4 Å². The maximum Gasteiger partial charge on any atom is 0.0789 e. The normalized spacial score (nSPS) is 17.9. The molecule has 0 atom stereocenters. The number of benzene rings is 1. The van der Waals surface area contributed by atoms with E-state index in [-0.39, 0.29) is 0 Å². The molecular weight excluding hydrogens is 200 g/mol. The van der Waals surface area contributed by atoms with Crippen molar-refractivity contribution in [1.82, 2.24) is 5.43 Å². The lowest BCUT2D eigenvalue weighted by Gasteiger charge is -2.36. The van der Waals surface area contributed by atoms with E-state index in [1.165, 1.54) is 11.1 Å². The van der Waals surface area contributed by atoms with E-state index in [0.29, 0.717) is 6.54 Å². The lowest BCUT2D eigenvalue weighted by molar-refractivity contribution is -0.0298. The molecule has 3 nitrogen and oxygen atoms in total. The third-order valence-electron chi connectivity index (χ3n) is 3.53. The Morgan fingerprint density at radius 2 is 2.06 bits per heavy atom. The molecule has 0 radical (unpaired) electrons. The Kier molecular flexibility index (Phi) is 3.17. The van der Waals surface area contributed by atoms with Gasteiger partial charge in [0.25, 0.3) is 0 Å². The Bertz CT molecular complexity index is 372. The second kappa shape index (κ2) is 4.44. The summed E-state index contributed by atoms with van der Waals surface area (Å²) in [6, 6.07) is 6.17. The highest BCUT2D eigenvalue weighted by Gasteiger charge is 2.33. The third-order valence-corrected chi connectivity index (χ3v) is 3.53. The largest absolute Gasteiger partial charge is 0.388 e. The van der Waals surface area contributed by atoms with E-state index in [4.69, 9.17) is 0 Å². The number of aryl methyl sites for hydroxylation is 1. The molecule has 1 aliphatic carbocycles. The predicted octanol–water partition coefficient (Wildman–Crippen LogP) is 2.13. The molecule has 0 bridgehead atoms. The van der Waals surface area contributed by atoms with Crippen molar-refractivity contribution >= 4 is 5.69 Å². The van der Waals surface area contributed by atoms with Crippen molar-refractivity contribution in [2.24, 2.45) is 0 Å². The number of nitrogens with one attached hydrogen (secondary N) is 2. The molecule has 3 N–H and O–H groups in total. The van der Waals surface area contributed by atoms with Crippen molar-refractivity contribution in [2.75, 3.05) is 12.0 Å². The van der Waals surface area contributed by atoms with E-state index < -0.39 is 5.60 Å². The van der Waals surface area contributed by atoms with E-state index in [2.05, 4.69) is 30.8 Å². The summed E-state index contributed by atoms with van der Waals surface area (Å²) in [6.45, 7) is 4.80. The van der Waals surface area contributed by atoms with E-state index in [1.807, 2.05) is 12.1 Å². The monoisotopic (exact) mass is 220 g/mol. The van der Waals surface area contributed by atoms with Crippen LogP contribution in [-0.2, 0) is 0 Å². The number of hydrogen-bond donors (Lipinski definition) is 3. The van der Waals surface area contributed by atoms with Crippen molar-refractivity contribution in [1.29, 1.82) is 0 Å². The molecule has 88 valence electrons. The minimum atomic E-state index is -0.481.